The number of nitrogens with one attached hydrogen (secondary N) is 2. The molecule has 1 aromatic heterocycles. The molecule has 1 fully saturated rings. The van der Waals surface area contributed by atoms with E-state index in [9.17, 15) is 9.90 Å². The number of hydrogen-bond donors (Lipinski definition) is 3. The first-order valence-corrected chi connectivity index (χ1v) is 9.76. The van der Waals surface area contributed by atoms with Crippen molar-refractivity contribution in [2.75, 3.05) is 23.3 Å². The van der Waals surface area contributed by atoms with E-state index >= 15 is 0 Å². The van der Waals surface area contributed by atoms with Crippen molar-refractivity contribution in [3.05, 3.63) is 84.1 Å². The third-order valence-electron chi connectivity index (χ3n) is 5.09. The highest BCUT2D eigenvalue weighted by molar-refractivity contribution is 6.04. The molecule has 6 nitrogen and oxygen atoms in total. The number of phenols is 1. The fourth-order valence-corrected chi connectivity index (χ4v) is 3.44. The third kappa shape index (κ3) is 4.92. The van der Waals surface area contributed by atoms with Gasteiger partial charge in [-0.1, -0.05) is 30.3 Å². The lowest BCUT2D eigenvalue weighted by Crippen LogP contribution is -2.32. The maximum absolute atomic E-state index is 12.3. The van der Waals surface area contributed by atoms with Gasteiger partial charge in [0.05, 0.1) is 5.56 Å². The highest BCUT2D eigenvalue weighted by Crippen LogP contribution is 2.19. The van der Waals surface area contributed by atoms with Crippen molar-refractivity contribution in [2.24, 2.45) is 0 Å². The predicted molar refractivity (Wildman–Crippen MR) is 114 cm³/mol. The summed E-state index contributed by atoms with van der Waals surface area (Å²) < 4.78 is 0. The molecule has 4 rings (SSSR count). The molecule has 0 bridgehead atoms. The fourth-order valence-electron chi connectivity index (χ4n) is 3.44. The van der Waals surface area contributed by atoms with Crippen molar-refractivity contribution in [2.45, 2.75) is 19.0 Å². The summed E-state index contributed by atoms with van der Waals surface area (Å²) in [7, 11) is 0. The van der Waals surface area contributed by atoms with Crippen molar-refractivity contribution in [1.82, 2.24) is 10.3 Å². The number of carbonyl (C=O) groups excluding carboxylic acids is 1. The maximum Gasteiger partial charge on any atom is 0.257 e. The average Bonchev–Trinajstić information content (AvgIpc) is 3.23. The van der Waals surface area contributed by atoms with Crippen molar-refractivity contribution in [1.29, 1.82) is 0 Å². The van der Waals surface area contributed by atoms with Gasteiger partial charge in [-0.15, -0.1) is 0 Å². The standard InChI is InChI=1S/C23H24N4O2/c28-21-9-6-17(7-10-21)14-24-20-12-13-27(16-20)22-11-8-18(15-25-22)23(29)26-19-4-2-1-3-5-19/h1-11,15,20,24,28H,12-14,16H2,(H,26,29). The van der Waals surface area contributed by atoms with Gasteiger partial charge in [-0.2, -0.15) is 0 Å². The van der Waals surface area contributed by atoms with Crippen LogP contribution in [0.25, 0.3) is 0 Å². The van der Waals surface area contributed by atoms with Crippen molar-refractivity contribution in [3.8, 4) is 5.75 Å². The Balaban J connectivity index is 1.30. The lowest BCUT2D eigenvalue weighted by Gasteiger charge is -2.18. The Kier molecular flexibility index (Phi) is 5.72. The van der Waals surface area contributed by atoms with E-state index in [-0.39, 0.29) is 11.7 Å². The summed E-state index contributed by atoms with van der Waals surface area (Å²) in [4.78, 5) is 19.1. The Morgan fingerprint density at radius 2 is 1.86 bits per heavy atom. The second-order valence-corrected chi connectivity index (χ2v) is 7.20. The smallest absolute Gasteiger partial charge is 0.257 e. The number of para-hydroxylation sites is 1. The number of pyridine rings is 1. The first-order valence-electron chi connectivity index (χ1n) is 9.76. The lowest BCUT2D eigenvalue weighted by atomic mass is 10.2. The van der Waals surface area contributed by atoms with Gasteiger partial charge in [0.1, 0.15) is 11.6 Å². The number of carbonyl (C=O) groups is 1. The Morgan fingerprint density at radius 3 is 2.59 bits per heavy atom. The molecule has 1 amide bonds. The van der Waals surface area contributed by atoms with Gasteiger partial charge in [0.2, 0.25) is 0 Å². The number of aromatic nitrogens is 1. The van der Waals surface area contributed by atoms with E-state index in [1.54, 1.807) is 18.3 Å². The largest absolute Gasteiger partial charge is 0.508 e. The number of amides is 1. The van der Waals surface area contributed by atoms with Crippen LogP contribution in [-0.2, 0) is 6.54 Å². The lowest BCUT2D eigenvalue weighted by molar-refractivity contribution is 0.102. The number of phenolic OH excluding ortho intramolecular Hbond substituents is 1. The topological polar surface area (TPSA) is 77.5 Å². The van der Waals surface area contributed by atoms with Crippen LogP contribution in [-0.4, -0.2) is 35.1 Å². The number of aromatic hydroxyl groups is 1. The minimum Gasteiger partial charge on any atom is -0.508 e. The van der Waals surface area contributed by atoms with Crippen LogP contribution in [0.4, 0.5) is 11.5 Å². The second kappa shape index (κ2) is 8.75. The molecule has 1 aliphatic rings. The van der Waals surface area contributed by atoms with Crippen LogP contribution in [0.1, 0.15) is 22.3 Å². The van der Waals surface area contributed by atoms with Gasteiger partial charge in [0.25, 0.3) is 5.91 Å². The molecule has 0 aliphatic carbocycles. The number of benzene rings is 2. The molecule has 1 aliphatic heterocycles. The van der Waals surface area contributed by atoms with E-state index in [2.05, 4.69) is 20.5 Å². The van der Waals surface area contributed by atoms with E-state index in [1.807, 2.05) is 54.6 Å². The summed E-state index contributed by atoms with van der Waals surface area (Å²) in [6.45, 7) is 2.57. The van der Waals surface area contributed by atoms with Crippen LogP contribution in [0.3, 0.4) is 0 Å². The maximum atomic E-state index is 12.3. The average molecular weight is 388 g/mol. The minimum atomic E-state index is -0.162. The van der Waals surface area contributed by atoms with Crippen LogP contribution in [0.15, 0.2) is 72.9 Å². The van der Waals surface area contributed by atoms with Crippen molar-refractivity contribution < 1.29 is 9.90 Å². The van der Waals surface area contributed by atoms with E-state index in [0.29, 0.717) is 11.6 Å². The molecule has 148 valence electrons. The zero-order valence-corrected chi connectivity index (χ0v) is 16.1. The normalized spacial score (nSPS) is 16.0. The van der Waals surface area contributed by atoms with Gasteiger partial charge in [0, 0.05) is 37.6 Å². The third-order valence-corrected chi connectivity index (χ3v) is 5.09. The van der Waals surface area contributed by atoms with Gasteiger partial charge in [-0.05, 0) is 48.4 Å². The first-order chi connectivity index (χ1) is 14.2. The summed E-state index contributed by atoms with van der Waals surface area (Å²) in [6.07, 6.45) is 2.67. The number of anilines is 2. The Bertz CT molecular complexity index is 943. The van der Waals surface area contributed by atoms with Gasteiger partial charge in [-0.3, -0.25) is 4.79 Å². The predicted octanol–water partition coefficient (Wildman–Crippen LogP) is 3.41. The van der Waals surface area contributed by atoms with Crippen molar-refractivity contribution >= 4 is 17.4 Å². The number of hydrogen-bond acceptors (Lipinski definition) is 5. The Hall–Kier alpha value is -3.38. The van der Waals surface area contributed by atoms with E-state index in [4.69, 9.17) is 0 Å². The second-order valence-electron chi connectivity index (χ2n) is 7.20. The zero-order chi connectivity index (χ0) is 20.1. The molecule has 1 saturated heterocycles. The van der Waals surface area contributed by atoms with Gasteiger partial charge >= 0.3 is 0 Å². The summed E-state index contributed by atoms with van der Waals surface area (Å²) >= 11 is 0. The molecule has 0 radical (unpaired) electrons. The quantitative estimate of drug-likeness (QED) is 0.603. The zero-order valence-electron chi connectivity index (χ0n) is 16.1. The SMILES string of the molecule is O=C(Nc1ccccc1)c1ccc(N2CCC(NCc3ccc(O)cc3)C2)nc1. The monoisotopic (exact) mass is 388 g/mol. The highest BCUT2D eigenvalue weighted by atomic mass is 16.3. The number of nitrogens with zero attached hydrogens (tertiary/aromatic N) is 2. The number of rotatable bonds is 6. The summed E-state index contributed by atoms with van der Waals surface area (Å²) in [6, 6.07) is 20.8. The van der Waals surface area contributed by atoms with Crippen LogP contribution in [0, 0.1) is 0 Å². The molecule has 3 aromatic rings. The minimum absolute atomic E-state index is 0.162. The summed E-state index contributed by atoms with van der Waals surface area (Å²) in [5.74, 6) is 1.01. The Labute approximate surface area is 170 Å². The molecule has 0 spiro atoms. The van der Waals surface area contributed by atoms with E-state index < -0.39 is 0 Å². The molecular weight excluding hydrogens is 364 g/mol. The van der Waals surface area contributed by atoms with Gasteiger partial charge in [-0.25, -0.2) is 4.98 Å². The van der Waals surface area contributed by atoms with Crippen LogP contribution < -0.4 is 15.5 Å². The molecule has 1 unspecified atom stereocenters. The Morgan fingerprint density at radius 1 is 1.07 bits per heavy atom. The van der Waals surface area contributed by atoms with E-state index in [1.165, 1.54) is 0 Å². The summed E-state index contributed by atoms with van der Waals surface area (Å²) in [5, 5.41) is 15.8. The van der Waals surface area contributed by atoms with Gasteiger partial charge in [0.15, 0.2) is 0 Å². The van der Waals surface area contributed by atoms with E-state index in [0.717, 1.165) is 43.1 Å². The molecule has 0 saturated carbocycles. The van der Waals surface area contributed by atoms with Gasteiger partial charge < -0.3 is 20.6 Å². The summed E-state index contributed by atoms with van der Waals surface area (Å²) in [5.41, 5.74) is 2.45. The molecular formula is C23H24N4O2. The van der Waals surface area contributed by atoms with Crippen LogP contribution >= 0.6 is 0 Å². The highest BCUT2D eigenvalue weighted by Gasteiger charge is 2.23. The first kappa shape index (κ1) is 19.0. The molecule has 3 N–H and O–H groups in total. The molecule has 29 heavy (non-hydrogen) atoms. The van der Waals surface area contributed by atoms with Crippen LogP contribution in [0.5, 0.6) is 5.75 Å². The molecule has 2 aromatic carbocycles. The van der Waals surface area contributed by atoms with Crippen LogP contribution in [0.2, 0.25) is 0 Å². The molecule has 2 heterocycles. The molecule has 6 heteroatoms. The fraction of sp³-hybridized carbons (Fsp3) is 0.217. The molecule has 1 atom stereocenters. The van der Waals surface area contributed by atoms with Crippen molar-refractivity contribution in [3.63, 3.8) is 0 Å².